The van der Waals surface area contributed by atoms with Gasteiger partial charge in [0, 0.05) is 18.3 Å². The van der Waals surface area contributed by atoms with Gasteiger partial charge >= 0.3 is 11.9 Å². The Kier molecular flexibility index (Phi) is 5.74. The van der Waals surface area contributed by atoms with Crippen molar-refractivity contribution in [3.05, 3.63) is 64.0 Å². The molecule has 26 heavy (non-hydrogen) atoms. The second-order valence-electron chi connectivity index (χ2n) is 4.93. The molecule has 0 fully saturated rings. The summed E-state index contributed by atoms with van der Waals surface area (Å²) in [7, 11) is 3.72. The van der Waals surface area contributed by atoms with E-state index in [0.717, 1.165) is 7.11 Å². The molecule has 0 spiro atoms. The zero-order chi connectivity index (χ0) is 19.3. The summed E-state index contributed by atoms with van der Waals surface area (Å²) in [6, 6.07) is 3.89. The molecule has 0 atom stereocenters. The van der Waals surface area contributed by atoms with E-state index in [1.165, 1.54) is 55.7 Å². The van der Waals surface area contributed by atoms with Crippen LogP contribution in [0.4, 0.5) is 11.4 Å². The minimum atomic E-state index is -0.824. The van der Waals surface area contributed by atoms with Gasteiger partial charge in [-0.1, -0.05) is 6.08 Å². The lowest BCUT2D eigenvalue weighted by Crippen LogP contribution is -2.27. The summed E-state index contributed by atoms with van der Waals surface area (Å²) < 4.78 is 14.8. The summed E-state index contributed by atoms with van der Waals surface area (Å²) in [5, 5.41) is 11.1. The highest BCUT2D eigenvalue weighted by Gasteiger charge is 2.29. The van der Waals surface area contributed by atoms with Crippen LogP contribution in [0, 0.1) is 10.1 Å². The fourth-order valence-corrected chi connectivity index (χ4v) is 2.33. The van der Waals surface area contributed by atoms with E-state index in [-0.39, 0.29) is 28.4 Å². The van der Waals surface area contributed by atoms with Gasteiger partial charge in [-0.25, -0.2) is 9.59 Å². The molecule has 1 aromatic carbocycles. The first-order valence-electron chi connectivity index (χ1n) is 7.32. The molecule has 0 saturated carbocycles. The van der Waals surface area contributed by atoms with E-state index in [2.05, 4.69) is 0 Å². The molecule has 9 heteroatoms. The standard InChI is InChI=1S/C17H16N2O7/c1-24-14-8-7-11(19(22)23)10-13(14)18-9-5-4-6-12(16(20)25-2)15(18)17(21)26-3/h4-10H,1-3H3. The van der Waals surface area contributed by atoms with E-state index in [9.17, 15) is 19.7 Å². The first-order chi connectivity index (χ1) is 12.4. The monoisotopic (exact) mass is 360 g/mol. The van der Waals surface area contributed by atoms with Gasteiger partial charge in [-0.15, -0.1) is 0 Å². The minimum absolute atomic E-state index is 0.0714. The Labute approximate surface area is 148 Å². The number of carbonyl (C=O) groups excluding carboxylic acids is 2. The molecule has 0 unspecified atom stereocenters. The van der Waals surface area contributed by atoms with Crippen molar-refractivity contribution in [1.82, 2.24) is 0 Å². The quantitative estimate of drug-likeness (QED) is 0.446. The van der Waals surface area contributed by atoms with Gasteiger partial charge in [0.05, 0.1) is 37.5 Å². The molecule has 0 aliphatic carbocycles. The number of nitrogens with zero attached hydrogens (tertiary/aromatic N) is 2. The van der Waals surface area contributed by atoms with Crippen LogP contribution in [0.3, 0.4) is 0 Å². The predicted octanol–water partition coefficient (Wildman–Crippen LogP) is 2.09. The lowest BCUT2D eigenvalue weighted by Gasteiger charge is -2.24. The Hall–Kier alpha value is -3.62. The number of anilines is 1. The van der Waals surface area contributed by atoms with Gasteiger partial charge in [0.1, 0.15) is 11.4 Å². The highest BCUT2D eigenvalue weighted by atomic mass is 16.6. The Morgan fingerprint density at radius 2 is 1.77 bits per heavy atom. The number of allylic oxidation sites excluding steroid dienone is 2. The second kappa shape index (κ2) is 7.97. The highest BCUT2D eigenvalue weighted by Crippen LogP contribution is 2.36. The van der Waals surface area contributed by atoms with Crippen molar-refractivity contribution < 1.29 is 28.7 Å². The van der Waals surface area contributed by atoms with Crippen molar-refractivity contribution in [2.45, 2.75) is 0 Å². The second-order valence-corrected chi connectivity index (χ2v) is 4.93. The third kappa shape index (κ3) is 3.56. The van der Waals surface area contributed by atoms with E-state index in [0.29, 0.717) is 0 Å². The van der Waals surface area contributed by atoms with Crippen LogP contribution in [0.5, 0.6) is 5.75 Å². The number of rotatable bonds is 5. The lowest BCUT2D eigenvalue weighted by molar-refractivity contribution is -0.384. The summed E-state index contributed by atoms with van der Waals surface area (Å²) in [5.74, 6) is -1.33. The first-order valence-corrected chi connectivity index (χ1v) is 7.32. The maximum Gasteiger partial charge on any atom is 0.355 e. The van der Waals surface area contributed by atoms with Gasteiger partial charge in [-0.2, -0.15) is 0 Å². The number of carbonyl (C=O) groups is 2. The largest absolute Gasteiger partial charge is 0.495 e. The van der Waals surface area contributed by atoms with Crippen LogP contribution >= 0.6 is 0 Å². The van der Waals surface area contributed by atoms with Crippen LogP contribution in [-0.2, 0) is 19.1 Å². The predicted molar refractivity (Wildman–Crippen MR) is 91.5 cm³/mol. The fraction of sp³-hybridized carbons (Fsp3) is 0.176. The molecular weight excluding hydrogens is 344 g/mol. The third-order valence-corrected chi connectivity index (χ3v) is 3.52. The zero-order valence-corrected chi connectivity index (χ0v) is 14.3. The normalized spacial score (nSPS) is 13.3. The molecule has 1 heterocycles. The van der Waals surface area contributed by atoms with Crippen molar-refractivity contribution >= 4 is 23.3 Å². The van der Waals surface area contributed by atoms with E-state index in [4.69, 9.17) is 14.2 Å². The van der Waals surface area contributed by atoms with Gasteiger partial charge in [0.25, 0.3) is 5.69 Å². The van der Waals surface area contributed by atoms with Crippen molar-refractivity contribution in [2.24, 2.45) is 0 Å². The maximum atomic E-state index is 12.4. The molecule has 1 aromatic rings. The van der Waals surface area contributed by atoms with Gasteiger partial charge in [-0.05, 0) is 18.2 Å². The van der Waals surface area contributed by atoms with Gasteiger partial charge in [0.2, 0.25) is 0 Å². The van der Waals surface area contributed by atoms with E-state index < -0.39 is 16.9 Å². The number of hydrogen-bond donors (Lipinski definition) is 0. The number of non-ortho nitro benzene ring substituents is 1. The Morgan fingerprint density at radius 1 is 1.08 bits per heavy atom. The molecule has 0 amide bonds. The molecular formula is C17H16N2O7. The molecule has 9 nitrogen and oxygen atoms in total. The summed E-state index contributed by atoms with van der Waals surface area (Å²) in [4.78, 5) is 36.3. The molecule has 2 rings (SSSR count). The van der Waals surface area contributed by atoms with Gasteiger partial charge < -0.3 is 19.1 Å². The number of hydrogen-bond acceptors (Lipinski definition) is 8. The number of methoxy groups -OCH3 is 3. The Balaban J connectivity index is 2.76. The molecule has 1 aliphatic heterocycles. The SMILES string of the molecule is COC(=O)C1=C(C(=O)OC)N(c2cc([N+](=O)[O-])ccc2OC)C=CC=C1. The van der Waals surface area contributed by atoms with Crippen molar-refractivity contribution in [2.75, 3.05) is 26.2 Å². The summed E-state index contributed by atoms with van der Waals surface area (Å²) >= 11 is 0. The van der Waals surface area contributed by atoms with E-state index >= 15 is 0 Å². The molecule has 136 valence electrons. The highest BCUT2D eigenvalue weighted by molar-refractivity contribution is 6.05. The number of esters is 2. The zero-order valence-electron chi connectivity index (χ0n) is 14.3. The Morgan fingerprint density at radius 3 is 2.35 bits per heavy atom. The van der Waals surface area contributed by atoms with E-state index in [1.54, 1.807) is 6.08 Å². The van der Waals surface area contributed by atoms with Crippen LogP contribution in [0.25, 0.3) is 0 Å². The molecule has 0 aromatic heterocycles. The Bertz CT molecular complexity index is 840. The first kappa shape index (κ1) is 18.7. The maximum absolute atomic E-state index is 12.4. The van der Waals surface area contributed by atoms with Gasteiger partial charge in [0.15, 0.2) is 0 Å². The van der Waals surface area contributed by atoms with Crippen molar-refractivity contribution in [3.63, 3.8) is 0 Å². The topological polar surface area (TPSA) is 108 Å². The third-order valence-electron chi connectivity index (χ3n) is 3.52. The minimum Gasteiger partial charge on any atom is -0.495 e. The molecule has 1 aliphatic rings. The molecule has 0 saturated heterocycles. The summed E-state index contributed by atoms with van der Waals surface area (Å²) in [6.45, 7) is 0. The number of nitro benzene ring substituents is 1. The van der Waals surface area contributed by atoms with Crippen LogP contribution in [-0.4, -0.2) is 38.2 Å². The van der Waals surface area contributed by atoms with E-state index in [1.807, 2.05) is 0 Å². The lowest BCUT2D eigenvalue weighted by atomic mass is 10.1. The summed E-state index contributed by atoms with van der Waals surface area (Å²) in [6.07, 6.45) is 5.93. The average Bonchev–Trinajstić information content (AvgIpc) is 2.88. The number of nitro groups is 1. The summed E-state index contributed by atoms with van der Waals surface area (Å²) in [5.41, 5.74) is -0.264. The molecule has 0 bridgehead atoms. The molecule has 0 radical (unpaired) electrons. The fourth-order valence-electron chi connectivity index (χ4n) is 2.33. The van der Waals surface area contributed by atoms with Crippen LogP contribution in [0.15, 0.2) is 53.9 Å². The van der Waals surface area contributed by atoms with Crippen molar-refractivity contribution in [3.8, 4) is 5.75 Å². The van der Waals surface area contributed by atoms with Crippen LogP contribution < -0.4 is 9.64 Å². The average molecular weight is 360 g/mol. The van der Waals surface area contributed by atoms with Crippen LogP contribution in [0.2, 0.25) is 0 Å². The number of ether oxygens (including phenoxy) is 3. The molecule has 0 N–H and O–H groups in total. The smallest absolute Gasteiger partial charge is 0.355 e. The van der Waals surface area contributed by atoms with Crippen LogP contribution in [0.1, 0.15) is 0 Å². The number of benzene rings is 1. The van der Waals surface area contributed by atoms with Crippen molar-refractivity contribution in [1.29, 1.82) is 0 Å². The van der Waals surface area contributed by atoms with Gasteiger partial charge in [-0.3, -0.25) is 10.1 Å².